The molecule has 4 heterocycles. The van der Waals surface area contributed by atoms with Crippen LogP contribution in [0.1, 0.15) is 50.6 Å². The number of piperidine rings is 1. The standard InChI is InChI=1S/C26H31FN4O2/c1-3-20(13-27)30-22-10-23-6-7-24(11-22)31(23)26(32)12-21-9-19-8-17(4-5-18(19)14-29-21)25-15-28-16(2)33-25/h4-5,8-9,14-15,20,22-24,30H,3,6-7,10-13H2,1-2H3/t20?,22?,23-,24+. The van der Waals surface area contributed by atoms with Crippen molar-refractivity contribution in [2.24, 2.45) is 0 Å². The lowest BCUT2D eigenvalue weighted by molar-refractivity contribution is -0.135. The third kappa shape index (κ3) is 4.51. The van der Waals surface area contributed by atoms with E-state index in [0.29, 0.717) is 18.4 Å². The number of pyridine rings is 1. The largest absolute Gasteiger partial charge is 0.441 e. The third-order valence-corrected chi connectivity index (χ3v) is 7.19. The molecule has 33 heavy (non-hydrogen) atoms. The Morgan fingerprint density at radius 1 is 1.18 bits per heavy atom. The van der Waals surface area contributed by atoms with Gasteiger partial charge in [-0.3, -0.25) is 9.78 Å². The van der Waals surface area contributed by atoms with Gasteiger partial charge in [0, 0.05) is 48.2 Å². The number of aryl methyl sites for hydroxylation is 1. The molecule has 1 aromatic carbocycles. The Morgan fingerprint density at radius 2 is 1.97 bits per heavy atom. The fourth-order valence-corrected chi connectivity index (χ4v) is 5.50. The SMILES string of the molecule is CCC(CF)NC1C[C@H]2CC[C@@H](C1)N2C(=O)Cc1cc2cc(-c3cnc(C)o3)ccc2cn1. The number of benzene rings is 1. The number of oxazole rings is 1. The normalized spacial score (nSPS) is 23.2. The smallest absolute Gasteiger partial charge is 0.229 e. The van der Waals surface area contributed by atoms with Crippen LogP contribution in [0.4, 0.5) is 4.39 Å². The third-order valence-electron chi connectivity index (χ3n) is 7.19. The summed E-state index contributed by atoms with van der Waals surface area (Å²) in [4.78, 5) is 24.1. The number of amides is 1. The van der Waals surface area contributed by atoms with Gasteiger partial charge in [-0.1, -0.05) is 19.1 Å². The molecule has 2 bridgehead atoms. The highest BCUT2D eigenvalue weighted by Gasteiger charge is 2.43. The summed E-state index contributed by atoms with van der Waals surface area (Å²) in [5, 5.41) is 5.52. The van der Waals surface area contributed by atoms with Gasteiger partial charge >= 0.3 is 0 Å². The average molecular weight is 451 g/mol. The highest BCUT2D eigenvalue weighted by Crippen LogP contribution is 2.36. The van der Waals surface area contributed by atoms with Crippen LogP contribution in [-0.2, 0) is 11.2 Å². The van der Waals surface area contributed by atoms with Crippen molar-refractivity contribution in [1.29, 1.82) is 0 Å². The zero-order valence-electron chi connectivity index (χ0n) is 19.3. The first-order chi connectivity index (χ1) is 16.0. The zero-order chi connectivity index (χ0) is 22.9. The maximum Gasteiger partial charge on any atom is 0.229 e. The Balaban J connectivity index is 1.29. The number of carbonyl (C=O) groups excluding carboxylic acids is 1. The molecule has 2 unspecified atom stereocenters. The molecule has 4 atom stereocenters. The summed E-state index contributed by atoms with van der Waals surface area (Å²) in [5.74, 6) is 1.51. The van der Waals surface area contributed by atoms with Gasteiger partial charge in [-0.2, -0.15) is 0 Å². The molecule has 6 nitrogen and oxygen atoms in total. The van der Waals surface area contributed by atoms with Crippen LogP contribution in [0.2, 0.25) is 0 Å². The van der Waals surface area contributed by atoms with E-state index in [2.05, 4.69) is 26.3 Å². The van der Waals surface area contributed by atoms with Crippen molar-refractivity contribution in [2.45, 2.75) is 76.5 Å². The summed E-state index contributed by atoms with van der Waals surface area (Å²) < 4.78 is 18.8. The van der Waals surface area contributed by atoms with Crippen LogP contribution in [0.3, 0.4) is 0 Å². The van der Waals surface area contributed by atoms with Crippen LogP contribution in [0.15, 0.2) is 41.1 Å². The molecule has 2 aliphatic heterocycles. The van der Waals surface area contributed by atoms with Crippen molar-refractivity contribution in [2.75, 3.05) is 6.67 Å². The van der Waals surface area contributed by atoms with Gasteiger partial charge in [0.05, 0.1) is 18.3 Å². The van der Waals surface area contributed by atoms with E-state index in [1.54, 1.807) is 6.20 Å². The fourth-order valence-electron chi connectivity index (χ4n) is 5.50. The summed E-state index contributed by atoms with van der Waals surface area (Å²) in [6.45, 7) is 3.50. The molecule has 1 N–H and O–H groups in total. The van der Waals surface area contributed by atoms with E-state index in [-0.39, 0.29) is 30.7 Å². The summed E-state index contributed by atoms with van der Waals surface area (Å²) >= 11 is 0. The van der Waals surface area contributed by atoms with Gasteiger partial charge in [0.25, 0.3) is 0 Å². The Hall–Kier alpha value is -2.80. The number of aromatic nitrogens is 2. The molecule has 2 fully saturated rings. The second-order valence-electron chi connectivity index (χ2n) is 9.44. The number of fused-ring (bicyclic) bond motifs is 3. The number of nitrogens with zero attached hydrogens (tertiary/aromatic N) is 3. The van der Waals surface area contributed by atoms with Crippen molar-refractivity contribution in [3.05, 3.63) is 48.2 Å². The highest BCUT2D eigenvalue weighted by molar-refractivity contribution is 5.87. The number of nitrogens with one attached hydrogen (secondary N) is 1. The summed E-state index contributed by atoms with van der Waals surface area (Å²) in [6.07, 6.45) is 8.53. The van der Waals surface area contributed by atoms with Gasteiger partial charge in [-0.15, -0.1) is 0 Å². The highest BCUT2D eigenvalue weighted by atomic mass is 19.1. The molecule has 0 saturated carbocycles. The van der Waals surface area contributed by atoms with Crippen LogP contribution < -0.4 is 5.32 Å². The molecule has 174 valence electrons. The number of halogens is 1. The topological polar surface area (TPSA) is 71.3 Å². The van der Waals surface area contributed by atoms with Gasteiger partial charge in [-0.05, 0) is 49.6 Å². The molecular weight excluding hydrogens is 419 g/mol. The molecule has 3 aromatic rings. The Bertz CT molecular complexity index is 1130. The number of alkyl halides is 1. The minimum atomic E-state index is -0.337. The number of carbonyl (C=O) groups is 1. The van der Waals surface area contributed by atoms with Crippen molar-refractivity contribution in [3.8, 4) is 11.3 Å². The lowest BCUT2D eigenvalue weighted by atomic mass is 9.95. The average Bonchev–Trinajstić information content (AvgIpc) is 3.37. The second kappa shape index (κ2) is 9.21. The van der Waals surface area contributed by atoms with Crippen molar-refractivity contribution >= 4 is 16.7 Å². The molecule has 0 aliphatic carbocycles. The maximum atomic E-state index is 13.3. The van der Waals surface area contributed by atoms with Crippen LogP contribution in [0.5, 0.6) is 0 Å². The summed E-state index contributed by atoms with van der Waals surface area (Å²) in [7, 11) is 0. The first-order valence-corrected chi connectivity index (χ1v) is 12.0. The quantitative estimate of drug-likeness (QED) is 0.570. The van der Waals surface area contributed by atoms with Gasteiger partial charge in [-0.25, -0.2) is 9.37 Å². The van der Waals surface area contributed by atoms with E-state index in [0.717, 1.165) is 59.9 Å². The molecule has 2 aliphatic rings. The minimum absolute atomic E-state index is 0.0794. The number of hydrogen-bond acceptors (Lipinski definition) is 5. The lowest BCUT2D eigenvalue weighted by Crippen LogP contribution is -2.53. The van der Waals surface area contributed by atoms with Crippen LogP contribution >= 0.6 is 0 Å². The van der Waals surface area contributed by atoms with Gasteiger partial charge in [0.2, 0.25) is 5.91 Å². The fraction of sp³-hybridized carbons (Fsp3) is 0.500. The minimum Gasteiger partial charge on any atom is -0.441 e. The zero-order valence-corrected chi connectivity index (χ0v) is 19.3. The molecule has 1 amide bonds. The van der Waals surface area contributed by atoms with E-state index in [4.69, 9.17) is 4.42 Å². The van der Waals surface area contributed by atoms with E-state index < -0.39 is 0 Å². The predicted octanol–water partition coefficient (Wildman–Crippen LogP) is 4.60. The second-order valence-corrected chi connectivity index (χ2v) is 9.44. The molecular formula is C26H31FN4O2. The summed E-state index contributed by atoms with van der Waals surface area (Å²) in [5.41, 5.74) is 1.74. The van der Waals surface area contributed by atoms with Gasteiger partial charge in [0.15, 0.2) is 11.7 Å². The molecule has 7 heteroatoms. The molecule has 5 rings (SSSR count). The van der Waals surface area contributed by atoms with Crippen LogP contribution in [-0.4, -0.2) is 51.6 Å². The van der Waals surface area contributed by atoms with Crippen LogP contribution in [0, 0.1) is 6.92 Å². The first kappa shape index (κ1) is 22.0. The van der Waals surface area contributed by atoms with Gasteiger partial charge in [0.1, 0.15) is 6.67 Å². The predicted molar refractivity (Wildman–Crippen MR) is 126 cm³/mol. The van der Waals surface area contributed by atoms with Gasteiger partial charge < -0.3 is 14.6 Å². The lowest BCUT2D eigenvalue weighted by Gasteiger charge is -2.40. The van der Waals surface area contributed by atoms with E-state index in [1.165, 1.54) is 0 Å². The maximum absolute atomic E-state index is 13.3. The van der Waals surface area contributed by atoms with Crippen molar-refractivity contribution in [3.63, 3.8) is 0 Å². The number of hydrogen-bond donors (Lipinski definition) is 1. The summed E-state index contributed by atoms with van der Waals surface area (Å²) in [6, 6.07) is 8.77. The number of rotatable bonds is 7. The molecule has 2 saturated heterocycles. The molecule has 0 spiro atoms. The first-order valence-electron chi connectivity index (χ1n) is 12.0. The Morgan fingerprint density at radius 3 is 2.64 bits per heavy atom. The van der Waals surface area contributed by atoms with E-state index in [1.807, 2.05) is 38.2 Å². The van der Waals surface area contributed by atoms with E-state index >= 15 is 0 Å². The molecule has 0 radical (unpaired) electrons. The Labute approximate surface area is 193 Å². The Kier molecular flexibility index (Phi) is 6.15. The molecule has 2 aromatic heterocycles. The monoisotopic (exact) mass is 450 g/mol. The van der Waals surface area contributed by atoms with E-state index in [9.17, 15) is 9.18 Å². The van der Waals surface area contributed by atoms with Crippen molar-refractivity contribution < 1.29 is 13.6 Å². The van der Waals surface area contributed by atoms with Crippen molar-refractivity contribution in [1.82, 2.24) is 20.2 Å². The van der Waals surface area contributed by atoms with Crippen LogP contribution in [0.25, 0.3) is 22.1 Å².